The van der Waals surface area contributed by atoms with Crippen LogP contribution in [0.1, 0.15) is 24.4 Å². The standard InChI is InChI=1S/C11H11ClN4O2S/c1-7-4-8(6-13-5-7)10-14-15-11(19(12,17)18)16(10)9-2-3-9/h4-6,9H,2-3H2,1H3. The van der Waals surface area contributed by atoms with Crippen LogP contribution in [0.15, 0.2) is 23.6 Å². The summed E-state index contributed by atoms with van der Waals surface area (Å²) in [6.45, 7) is 1.91. The Morgan fingerprint density at radius 2 is 2.05 bits per heavy atom. The summed E-state index contributed by atoms with van der Waals surface area (Å²) in [5.74, 6) is 0.498. The normalized spacial score (nSPS) is 15.7. The molecule has 0 aromatic carbocycles. The van der Waals surface area contributed by atoms with E-state index in [0.717, 1.165) is 24.0 Å². The Balaban J connectivity index is 2.20. The predicted molar refractivity (Wildman–Crippen MR) is 69.3 cm³/mol. The molecule has 6 nitrogen and oxygen atoms in total. The smallest absolute Gasteiger partial charge is 0.294 e. The van der Waals surface area contributed by atoms with Gasteiger partial charge in [-0.25, -0.2) is 8.42 Å². The zero-order valence-corrected chi connectivity index (χ0v) is 11.7. The van der Waals surface area contributed by atoms with E-state index in [4.69, 9.17) is 10.7 Å². The van der Waals surface area contributed by atoms with Crippen LogP contribution in [0.25, 0.3) is 11.4 Å². The number of hydrogen-bond donors (Lipinski definition) is 0. The van der Waals surface area contributed by atoms with Crippen molar-refractivity contribution < 1.29 is 8.42 Å². The lowest BCUT2D eigenvalue weighted by Crippen LogP contribution is -2.06. The maximum atomic E-state index is 11.5. The largest absolute Gasteiger partial charge is 0.296 e. The minimum atomic E-state index is -3.89. The number of aryl methyl sites for hydroxylation is 1. The van der Waals surface area contributed by atoms with Crippen molar-refractivity contribution in [3.05, 3.63) is 24.0 Å². The molecule has 0 radical (unpaired) electrons. The Kier molecular flexibility index (Phi) is 2.83. The average Bonchev–Trinajstić information content (AvgIpc) is 3.06. The van der Waals surface area contributed by atoms with E-state index in [1.54, 1.807) is 17.0 Å². The highest BCUT2D eigenvalue weighted by Crippen LogP contribution is 2.40. The molecule has 0 aliphatic heterocycles. The lowest BCUT2D eigenvalue weighted by Gasteiger charge is -2.07. The van der Waals surface area contributed by atoms with Crippen molar-refractivity contribution in [2.24, 2.45) is 0 Å². The number of aromatic nitrogens is 4. The van der Waals surface area contributed by atoms with E-state index < -0.39 is 9.05 Å². The molecule has 0 N–H and O–H groups in total. The molecule has 0 bridgehead atoms. The summed E-state index contributed by atoms with van der Waals surface area (Å²) < 4.78 is 24.6. The van der Waals surface area contributed by atoms with Gasteiger partial charge in [0.2, 0.25) is 0 Å². The molecule has 8 heteroatoms. The van der Waals surface area contributed by atoms with E-state index in [2.05, 4.69) is 15.2 Å². The zero-order chi connectivity index (χ0) is 13.6. The van der Waals surface area contributed by atoms with Crippen LogP contribution in [0.3, 0.4) is 0 Å². The molecule has 1 saturated carbocycles. The molecule has 2 aromatic rings. The van der Waals surface area contributed by atoms with Crippen LogP contribution >= 0.6 is 10.7 Å². The molecule has 2 aromatic heterocycles. The summed E-state index contributed by atoms with van der Waals surface area (Å²) in [6.07, 6.45) is 5.18. The van der Waals surface area contributed by atoms with Crippen LogP contribution in [-0.4, -0.2) is 28.2 Å². The second-order valence-electron chi connectivity index (χ2n) is 4.60. The van der Waals surface area contributed by atoms with E-state index in [9.17, 15) is 8.42 Å². The van der Waals surface area contributed by atoms with E-state index in [1.807, 2.05) is 13.0 Å². The molecule has 3 rings (SSSR count). The van der Waals surface area contributed by atoms with Gasteiger partial charge in [-0.2, -0.15) is 0 Å². The van der Waals surface area contributed by atoms with Gasteiger partial charge in [-0.3, -0.25) is 9.55 Å². The Labute approximate surface area is 114 Å². The van der Waals surface area contributed by atoms with Crippen molar-refractivity contribution in [3.63, 3.8) is 0 Å². The summed E-state index contributed by atoms with van der Waals surface area (Å²) >= 11 is 0. The van der Waals surface area contributed by atoms with E-state index in [-0.39, 0.29) is 11.2 Å². The number of hydrogen-bond acceptors (Lipinski definition) is 5. The molecular weight excluding hydrogens is 288 g/mol. The Morgan fingerprint density at radius 1 is 1.32 bits per heavy atom. The molecule has 0 spiro atoms. The van der Waals surface area contributed by atoms with Crippen molar-refractivity contribution in [2.45, 2.75) is 31.0 Å². The molecule has 0 saturated heterocycles. The molecule has 1 aliphatic rings. The van der Waals surface area contributed by atoms with Gasteiger partial charge < -0.3 is 0 Å². The quantitative estimate of drug-likeness (QED) is 0.809. The van der Waals surface area contributed by atoms with Crippen molar-refractivity contribution in [1.82, 2.24) is 19.7 Å². The summed E-state index contributed by atoms with van der Waals surface area (Å²) in [5, 5.41) is 7.50. The van der Waals surface area contributed by atoms with Gasteiger partial charge in [-0.15, -0.1) is 10.2 Å². The number of pyridine rings is 1. The van der Waals surface area contributed by atoms with Crippen molar-refractivity contribution >= 4 is 19.7 Å². The van der Waals surface area contributed by atoms with Gasteiger partial charge in [0, 0.05) is 34.7 Å². The van der Waals surface area contributed by atoms with Crippen LogP contribution in [0, 0.1) is 6.92 Å². The maximum Gasteiger partial charge on any atom is 0.296 e. The average molecular weight is 299 g/mol. The predicted octanol–water partition coefficient (Wildman–Crippen LogP) is 1.91. The molecule has 19 heavy (non-hydrogen) atoms. The van der Waals surface area contributed by atoms with Crippen LogP contribution in [0.4, 0.5) is 0 Å². The molecule has 100 valence electrons. The van der Waals surface area contributed by atoms with Gasteiger partial charge in [-0.05, 0) is 31.4 Å². The van der Waals surface area contributed by atoms with Gasteiger partial charge in [0.25, 0.3) is 14.2 Å². The topological polar surface area (TPSA) is 77.7 Å². The number of nitrogens with zero attached hydrogens (tertiary/aromatic N) is 4. The first-order chi connectivity index (χ1) is 8.97. The third-order valence-electron chi connectivity index (χ3n) is 2.93. The molecule has 1 fully saturated rings. The fraction of sp³-hybridized carbons (Fsp3) is 0.364. The minimum Gasteiger partial charge on any atom is -0.294 e. The number of halogens is 1. The Morgan fingerprint density at radius 3 is 2.63 bits per heavy atom. The highest BCUT2D eigenvalue weighted by atomic mass is 35.7. The van der Waals surface area contributed by atoms with Gasteiger partial charge in [0.05, 0.1) is 0 Å². The Hall–Kier alpha value is -1.47. The molecule has 2 heterocycles. The lowest BCUT2D eigenvalue weighted by atomic mass is 10.2. The SMILES string of the molecule is Cc1cncc(-c2nnc(S(=O)(=O)Cl)n2C2CC2)c1. The zero-order valence-electron chi connectivity index (χ0n) is 10.1. The lowest BCUT2D eigenvalue weighted by molar-refractivity contribution is 0.579. The van der Waals surface area contributed by atoms with Crippen LogP contribution in [-0.2, 0) is 9.05 Å². The second-order valence-corrected chi connectivity index (χ2v) is 7.06. The van der Waals surface area contributed by atoms with Gasteiger partial charge in [0.15, 0.2) is 5.82 Å². The van der Waals surface area contributed by atoms with Crippen LogP contribution in [0.5, 0.6) is 0 Å². The third kappa shape index (κ3) is 2.35. The first kappa shape index (κ1) is 12.6. The molecule has 1 aliphatic carbocycles. The number of rotatable bonds is 3. The summed E-state index contributed by atoms with van der Waals surface area (Å²) in [4.78, 5) is 4.09. The van der Waals surface area contributed by atoms with Gasteiger partial charge in [-0.1, -0.05) is 0 Å². The summed E-state index contributed by atoms with van der Waals surface area (Å²) in [6, 6.07) is 1.99. The minimum absolute atomic E-state index is 0.106. The summed E-state index contributed by atoms with van der Waals surface area (Å²) in [7, 11) is 1.51. The fourth-order valence-corrected chi connectivity index (χ4v) is 2.90. The fourth-order valence-electron chi connectivity index (χ4n) is 1.98. The molecule has 0 amide bonds. The van der Waals surface area contributed by atoms with Crippen molar-refractivity contribution in [1.29, 1.82) is 0 Å². The first-order valence-corrected chi connectivity index (χ1v) is 8.09. The maximum absolute atomic E-state index is 11.5. The van der Waals surface area contributed by atoms with Crippen LogP contribution < -0.4 is 0 Å². The third-order valence-corrected chi connectivity index (χ3v) is 4.06. The highest BCUT2D eigenvalue weighted by Gasteiger charge is 2.34. The summed E-state index contributed by atoms with van der Waals surface area (Å²) in [5.41, 5.74) is 1.71. The van der Waals surface area contributed by atoms with Gasteiger partial charge in [0.1, 0.15) is 0 Å². The Bertz CT molecular complexity index is 737. The van der Waals surface area contributed by atoms with E-state index >= 15 is 0 Å². The van der Waals surface area contributed by atoms with Crippen LogP contribution in [0.2, 0.25) is 0 Å². The molecular formula is C11H11ClN4O2S. The molecule has 0 unspecified atom stereocenters. The van der Waals surface area contributed by atoms with Crippen molar-refractivity contribution in [3.8, 4) is 11.4 Å². The van der Waals surface area contributed by atoms with E-state index in [1.165, 1.54) is 0 Å². The monoisotopic (exact) mass is 298 g/mol. The van der Waals surface area contributed by atoms with Gasteiger partial charge >= 0.3 is 0 Å². The van der Waals surface area contributed by atoms with E-state index in [0.29, 0.717) is 5.82 Å². The second kappa shape index (κ2) is 4.28. The van der Waals surface area contributed by atoms with Crippen molar-refractivity contribution in [2.75, 3.05) is 0 Å². The highest BCUT2D eigenvalue weighted by molar-refractivity contribution is 8.13. The first-order valence-electron chi connectivity index (χ1n) is 5.78. The molecule has 0 atom stereocenters.